The van der Waals surface area contributed by atoms with Crippen LogP contribution < -0.4 is 5.32 Å². The molecule has 0 radical (unpaired) electrons. The lowest BCUT2D eigenvalue weighted by molar-refractivity contribution is 0.0698. The number of carbonyl (C=O) groups is 1. The quantitative estimate of drug-likeness (QED) is 0.565. The van der Waals surface area contributed by atoms with Crippen molar-refractivity contribution in [3.05, 3.63) is 29.8 Å². The second-order valence-corrected chi connectivity index (χ2v) is 6.65. The Hall–Kier alpha value is -1.27. The third-order valence-electron chi connectivity index (χ3n) is 2.49. The van der Waals surface area contributed by atoms with Crippen molar-refractivity contribution < 1.29 is 18.3 Å². The molecule has 5 nitrogen and oxygen atoms in total. The minimum Gasteiger partial charge on any atom is -0.478 e. The van der Waals surface area contributed by atoms with Crippen LogP contribution in [-0.2, 0) is 9.84 Å². The van der Waals surface area contributed by atoms with Gasteiger partial charge in [0.25, 0.3) is 0 Å². The second-order valence-electron chi connectivity index (χ2n) is 3.97. The SMILES string of the molecule is O=C(O)c1ccccc1NCCCS(=O)(=O)CCCl. The number of rotatable bonds is 8. The molecule has 0 saturated heterocycles. The molecule has 1 rings (SSSR count). The Morgan fingerprint density at radius 1 is 1.26 bits per heavy atom. The molecule has 0 aromatic heterocycles. The maximum Gasteiger partial charge on any atom is 0.337 e. The number of hydrogen-bond acceptors (Lipinski definition) is 4. The van der Waals surface area contributed by atoms with Crippen LogP contribution in [0.15, 0.2) is 24.3 Å². The summed E-state index contributed by atoms with van der Waals surface area (Å²) in [5.41, 5.74) is 0.663. The van der Waals surface area contributed by atoms with Gasteiger partial charge in [-0.25, -0.2) is 13.2 Å². The zero-order valence-electron chi connectivity index (χ0n) is 10.3. The summed E-state index contributed by atoms with van der Waals surface area (Å²) in [5.74, 6) is -0.905. The first kappa shape index (κ1) is 15.8. The number of nitrogens with one attached hydrogen (secondary N) is 1. The zero-order chi connectivity index (χ0) is 14.3. The van der Waals surface area contributed by atoms with Gasteiger partial charge in [0.2, 0.25) is 0 Å². The van der Waals surface area contributed by atoms with Crippen molar-refractivity contribution in [2.24, 2.45) is 0 Å². The van der Waals surface area contributed by atoms with Crippen molar-refractivity contribution in [2.75, 3.05) is 29.2 Å². The molecule has 0 spiro atoms. The van der Waals surface area contributed by atoms with Crippen molar-refractivity contribution in [1.29, 1.82) is 0 Å². The molecule has 0 saturated carbocycles. The van der Waals surface area contributed by atoms with E-state index >= 15 is 0 Å². The molecule has 0 atom stereocenters. The number of aromatic carboxylic acids is 1. The fraction of sp³-hybridized carbons (Fsp3) is 0.417. The molecule has 0 bridgehead atoms. The van der Waals surface area contributed by atoms with Crippen molar-refractivity contribution >= 4 is 33.1 Å². The first-order chi connectivity index (χ1) is 8.96. The molecular formula is C12H16ClNO4S. The van der Waals surface area contributed by atoms with Crippen LogP contribution >= 0.6 is 11.6 Å². The highest BCUT2D eigenvalue weighted by molar-refractivity contribution is 7.91. The van der Waals surface area contributed by atoms with Crippen LogP contribution in [0.2, 0.25) is 0 Å². The number of hydrogen-bond donors (Lipinski definition) is 2. The number of para-hydroxylation sites is 1. The lowest BCUT2D eigenvalue weighted by atomic mass is 10.2. The standard InChI is InChI=1S/C12H16ClNO4S/c13-6-9-19(17,18)8-3-7-14-11-5-2-1-4-10(11)12(15)16/h1-2,4-5,14H,3,6-9H2,(H,15,16). The van der Waals surface area contributed by atoms with E-state index in [2.05, 4.69) is 5.32 Å². The van der Waals surface area contributed by atoms with E-state index < -0.39 is 15.8 Å². The molecule has 0 aliphatic heterocycles. The van der Waals surface area contributed by atoms with Crippen LogP contribution in [0.5, 0.6) is 0 Å². The lowest BCUT2D eigenvalue weighted by Crippen LogP contribution is -2.16. The predicted molar refractivity (Wildman–Crippen MR) is 75.9 cm³/mol. The highest BCUT2D eigenvalue weighted by Crippen LogP contribution is 2.14. The van der Waals surface area contributed by atoms with Crippen molar-refractivity contribution in [2.45, 2.75) is 6.42 Å². The van der Waals surface area contributed by atoms with Gasteiger partial charge in [-0.2, -0.15) is 0 Å². The Kier molecular flexibility index (Phi) is 6.11. The number of carboxylic acids is 1. The highest BCUT2D eigenvalue weighted by atomic mass is 35.5. The Labute approximate surface area is 117 Å². The third kappa shape index (κ3) is 5.48. The van der Waals surface area contributed by atoms with Gasteiger partial charge in [-0.05, 0) is 18.6 Å². The normalized spacial score (nSPS) is 11.2. The van der Waals surface area contributed by atoms with Gasteiger partial charge in [0.15, 0.2) is 9.84 Å². The summed E-state index contributed by atoms with van der Waals surface area (Å²) >= 11 is 5.39. The largest absolute Gasteiger partial charge is 0.478 e. The van der Waals surface area contributed by atoms with Gasteiger partial charge >= 0.3 is 5.97 Å². The van der Waals surface area contributed by atoms with Crippen LogP contribution in [0.25, 0.3) is 0 Å². The van der Waals surface area contributed by atoms with Crippen LogP contribution in [-0.4, -0.2) is 43.4 Å². The molecule has 0 aliphatic rings. The van der Waals surface area contributed by atoms with Crippen molar-refractivity contribution in [3.63, 3.8) is 0 Å². The number of sulfone groups is 1. The van der Waals surface area contributed by atoms with Crippen molar-refractivity contribution in [1.82, 2.24) is 0 Å². The fourth-order valence-electron chi connectivity index (χ4n) is 1.56. The van der Waals surface area contributed by atoms with E-state index in [1.165, 1.54) is 6.07 Å². The first-order valence-electron chi connectivity index (χ1n) is 5.79. The number of anilines is 1. The molecule has 106 valence electrons. The number of carboxylic acid groups (broad SMARTS) is 1. The molecule has 0 aliphatic carbocycles. The summed E-state index contributed by atoms with van der Waals surface area (Å²) in [5, 5.41) is 11.9. The van der Waals surface area contributed by atoms with Crippen LogP contribution in [0.1, 0.15) is 16.8 Å². The molecule has 2 N–H and O–H groups in total. The smallest absolute Gasteiger partial charge is 0.337 e. The van der Waals surface area contributed by atoms with E-state index in [-0.39, 0.29) is 22.9 Å². The molecule has 1 aromatic carbocycles. The van der Waals surface area contributed by atoms with Gasteiger partial charge in [-0.3, -0.25) is 0 Å². The van der Waals surface area contributed by atoms with Gasteiger partial charge in [0.1, 0.15) is 0 Å². The topological polar surface area (TPSA) is 83.5 Å². The maximum atomic E-state index is 11.4. The Balaban J connectivity index is 2.48. The van der Waals surface area contributed by atoms with E-state index in [1.54, 1.807) is 18.2 Å². The highest BCUT2D eigenvalue weighted by Gasteiger charge is 2.11. The lowest BCUT2D eigenvalue weighted by Gasteiger charge is -2.09. The Morgan fingerprint density at radius 2 is 1.95 bits per heavy atom. The molecule has 0 heterocycles. The molecule has 0 amide bonds. The van der Waals surface area contributed by atoms with Crippen LogP contribution in [0.3, 0.4) is 0 Å². The second kappa shape index (κ2) is 7.35. The zero-order valence-corrected chi connectivity index (χ0v) is 11.9. The van der Waals surface area contributed by atoms with E-state index in [1.807, 2.05) is 0 Å². The molecule has 1 aromatic rings. The molecule has 19 heavy (non-hydrogen) atoms. The summed E-state index contributed by atoms with van der Waals surface area (Å²) in [4.78, 5) is 10.9. The van der Waals surface area contributed by atoms with Gasteiger partial charge < -0.3 is 10.4 Å². The summed E-state index contributed by atoms with van der Waals surface area (Å²) in [6.07, 6.45) is 0.410. The average Bonchev–Trinajstić information content (AvgIpc) is 2.35. The Bertz CT molecular complexity index is 530. The van der Waals surface area contributed by atoms with Gasteiger partial charge in [0.05, 0.1) is 17.1 Å². The van der Waals surface area contributed by atoms with Gasteiger partial charge in [-0.15, -0.1) is 11.6 Å². The fourth-order valence-corrected chi connectivity index (χ4v) is 3.29. The van der Waals surface area contributed by atoms with Crippen LogP contribution in [0, 0.1) is 0 Å². The monoisotopic (exact) mass is 305 g/mol. The molecule has 0 unspecified atom stereocenters. The third-order valence-corrected chi connectivity index (χ3v) is 4.64. The van der Waals surface area contributed by atoms with E-state index in [0.29, 0.717) is 18.7 Å². The minimum atomic E-state index is -3.10. The average molecular weight is 306 g/mol. The van der Waals surface area contributed by atoms with E-state index in [9.17, 15) is 13.2 Å². The molecule has 7 heteroatoms. The number of benzene rings is 1. The number of halogens is 1. The number of alkyl halides is 1. The van der Waals surface area contributed by atoms with E-state index in [4.69, 9.17) is 16.7 Å². The van der Waals surface area contributed by atoms with Crippen molar-refractivity contribution in [3.8, 4) is 0 Å². The minimum absolute atomic E-state index is 0.0275. The summed E-state index contributed by atoms with van der Waals surface area (Å²) in [6, 6.07) is 6.50. The maximum absolute atomic E-state index is 11.4. The predicted octanol–water partition coefficient (Wildman–Crippen LogP) is 1.84. The van der Waals surface area contributed by atoms with Crippen LogP contribution in [0.4, 0.5) is 5.69 Å². The van der Waals surface area contributed by atoms with Gasteiger partial charge in [0, 0.05) is 18.1 Å². The van der Waals surface area contributed by atoms with E-state index in [0.717, 1.165) is 0 Å². The summed E-state index contributed by atoms with van der Waals surface area (Å²) in [7, 11) is -3.10. The summed E-state index contributed by atoms with van der Waals surface area (Å²) in [6.45, 7) is 0.395. The Morgan fingerprint density at radius 3 is 2.58 bits per heavy atom. The first-order valence-corrected chi connectivity index (χ1v) is 8.14. The van der Waals surface area contributed by atoms with Gasteiger partial charge in [-0.1, -0.05) is 12.1 Å². The summed E-state index contributed by atoms with van der Waals surface area (Å²) < 4.78 is 22.8. The molecular weight excluding hydrogens is 290 g/mol. The molecule has 0 fully saturated rings.